The summed E-state index contributed by atoms with van der Waals surface area (Å²) in [4.78, 5) is 12.3. The van der Waals surface area contributed by atoms with Gasteiger partial charge in [-0.2, -0.15) is 0 Å². The number of amides is 1. The molecule has 0 atom stereocenters. The molecule has 104 valence electrons. The van der Waals surface area contributed by atoms with E-state index in [2.05, 4.69) is 5.32 Å². The number of hydrogen-bond donors (Lipinski definition) is 1. The van der Waals surface area contributed by atoms with Gasteiger partial charge in [0.05, 0.1) is 12.6 Å². The molecule has 3 nitrogen and oxygen atoms in total. The van der Waals surface area contributed by atoms with Crippen molar-refractivity contribution in [1.29, 1.82) is 0 Å². The fourth-order valence-electron chi connectivity index (χ4n) is 2.60. The molecule has 1 amide bonds. The summed E-state index contributed by atoms with van der Waals surface area (Å²) < 4.78 is 5.14. The van der Waals surface area contributed by atoms with Gasteiger partial charge in [0.15, 0.2) is 0 Å². The Morgan fingerprint density at radius 2 is 2.11 bits per heavy atom. The molecule has 4 heteroatoms. The minimum atomic E-state index is -0.236. The largest absolute Gasteiger partial charge is 0.497 e. The fourth-order valence-corrected chi connectivity index (χ4v) is 2.93. The minimum Gasteiger partial charge on any atom is -0.497 e. The lowest BCUT2D eigenvalue weighted by molar-refractivity contribution is 0.0884. The Balaban J connectivity index is 2.10. The van der Waals surface area contributed by atoms with Crippen molar-refractivity contribution in [2.75, 3.05) is 13.0 Å². The van der Waals surface area contributed by atoms with Crippen molar-refractivity contribution in [3.63, 3.8) is 0 Å². The molecule has 1 aliphatic carbocycles. The molecule has 0 unspecified atom stereocenters. The maximum atomic E-state index is 12.3. The van der Waals surface area contributed by atoms with E-state index >= 15 is 0 Å². The van der Waals surface area contributed by atoms with Gasteiger partial charge >= 0.3 is 0 Å². The second kappa shape index (κ2) is 6.29. The summed E-state index contributed by atoms with van der Waals surface area (Å²) in [6.07, 6.45) is 5.42. The molecule has 0 radical (unpaired) electrons. The van der Waals surface area contributed by atoms with E-state index in [1.807, 2.05) is 12.1 Å². The first kappa shape index (κ1) is 14.2. The number of ether oxygens (including phenoxy) is 1. The van der Waals surface area contributed by atoms with Gasteiger partial charge in [-0.3, -0.25) is 4.79 Å². The highest BCUT2D eigenvalue weighted by Gasteiger charge is 2.32. The van der Waals surface area contributed by atoms with Crippen LogP contribution in [0.25, 0.3) is 0 Å². The molecule has 2 rings (SSSR count). The van der Waals surface area contributed by atoms with Crippen LogP contribution in [-0.4, -0.2) is 24.4 Å². The van der Waals surface area contributed by atoms with Crippen LogP contribution in [0.5, 0.6) is 5.75 Å². The second-order valence-electron chi connectivity index (χ2n) is 5.16. The van der Waals surface area contributed by atoms with Gasteiger partial charge in [0, 0.05) is 11.4 Å². The molecule has 1 saturated carbocycles. The molecule has 1 aliphatic rings. The van der Waals surface area contributed by atoms with E-state index < -0.39 is 0 Å². The van der Waals surface area contributed by atoms with Gasteiger partial charge in [0.2, 0.25) is 0 Å². The monoisotopic (exact) mass is 281 g/mol. The topological polar surface area (TPSA) is 38.3 Å². The smallest absolute Gasteiger partial charge is 0.251 e. The standard InChI is InChI=1S/C15H20ClNO2/c1-19-13-7-5-6-12(10-13)14(18)17-15(11-16)8-3-2-4-9-15/h5-7,10H,2-4,8-9,11H2,1H3,(H,17,18). The zero-order valence-corrected chi connectivity index (χ0v) is 12.0. The molecule has 0 aliphatic heterocycles. The average Bonchev–Trinajstić information content (AvgIpc) is 2.48. The molecule has 0 heterocycles. The summed E-state index contributed by atoms with van der Waals surface area (Å²) >= 11 is 6.09. The number of methoxy groups -OCH3 is 1. The van der Waals surface area contributed by atoms with Crippen molar-refractivity contribution < 1.29 is 9.53 Å². The zero-order chi connectivity index (χ0) is 13.7. The van der Waals surface area contributed by atoms with E-state index in [1.165, 1.54) is 6.42 Å². The summed E-state index contributed by atoms with van der Waals surface area (Å²) in [6.45, 7) is 0. The predicted molar refractivity (Wildman–Crippen MR) is 77.0 cm³/mol. The van der Waals surface area contributed by atoms with E-state index in [0.29, 0.717) is 17.2 Å². The van der Waals surface area contributed by atoms with E-state index in [-0.39, 0.29) is 11.4 Å². The van der Waals surface area contributed by atoms with E-state index in [0.717, 1.165) is 25.7 Å². The third-order valence-electron chi connectivity index (χ3n) is 3.78. The number of halogens is 1. The predicted octanol–water partition coefficient (Wildman–Crippen LogP) is 3.37. The highest BCUT2D eigenvalue weighted by atomic mass is 35.5. The molecule has 1 N–H and O–H groups in total. The normalized spacial score (nSPS) is 17.8. The van der Waals surface area contributed by atoms with Crippen molar-refractivity contribution >= 4 is 17.5 Å². The van der Waals surface area contributed by atoms with Gasteiger partial charge in [-0.25, -0.2) is 0 Å². The third-order valence-corrected chi connectivity index (χ3v) is 4.29. The molecule has 1 aromatic rings. The SMILES string of the molecule is COc1cccc(C(=O)NC2(CCl)CCCCC2)c1. The molecule has 1 aromatic carbocycles. The van der Waals surface area contributed by atoms with Gasteiger partial charge in [-0.15, -0.1) is 11.6 Å². The lowest BCUT2D eigenvalue weighted by Crippen LogP contribution is -2.51. The van der Waals surface area contributed by atoms with Crippen LogP contribution in [0, 0.1) is 0 Å². The molecule has 0 aromatic heterocycles. The Bertz CT molecular complexity index is 442. The number of hydrogen-bond acceptors (Lipinski definition) is 2. The summed E-state index contributed by atoms with van der Waals surface area (Å²) in [5.74, 6) is 1.10. The highest BCUT2D eigenvalue weighted by Crippen LogP contribution is 2.29. The van der Waals surface area contributed by atoms with Crippen LogP contribution in [0.15, 0.2) is 24.3 Å². The first-order valence-corrected chi connectivity index (χ1v) is 7.25. The molecule has 19 heavy (non-hydrogen) atoms. The Morgan fingerprint density at radius 1 is 1.37 bits per heavy atom. The summed E-state index contributed by atoms with van der Waals surface area (Å²) in [5, 5.41) is 3.12. The number of nitrogens with one attached hydrogen (secondary N) is 1. The Hall–Kier alpha value is -1.22. The average molecular weight is 282 g/mol. The lowest BCUT2D eigenvalue weighted by atomic mass is 9.83. The van der Waals surface area contributed by atoms with E-state index in [4.69, 9.17) is 16.3 Å². The Kier molecular flexibility index (Phi) is 4.70. The van der Waals surface area contributed by atoms with Crippen LogP contribution in [0.3, 0.4) is 0 Å². The number of carbonyl (C=O) groups is 1. The summed E-state index contributed by atoms with van der Waals surface area (Å²) in [7, 11) is 1.60. The fraction of sp³-hybridized carbons (Fsp3) is 0.533. The van der Waals surface area contributed by atoms with Crippen molar-refractivity contribution in [3.05, 3.63) is 29.8 Å². The van der Waals surface area contributed by atoms with Crippen LogP contribution >= 0.6 is 11.6 Å². The van der Waals surface area contributed by atoms with Crippen molar-refractivity contribution in [3.8, 4) is 5.75 Å². The molecular formula is C15H20ClNO2. The number of alkyl halides is 1. The van der Waals surface area contributed by atoms with Gasteiger partial charge in [0.25, 0.3) is 5.91 Å². The quantitative estimate of drug-likeness (QED) is 0.860. The lowest BCUT2D eigenvalue weighted by Gasteiger charge is -2.36. The Labute approximate surface area is 119 Å². The third kappa shape index (κ3) is 3.41. The number of rotatable bonds is 4. The van der Waals surface area contributed by atoms with Crippen LogP contribution < -0.4 is 10.1 Å². The molecule has 0 spiro atoms. The van der Waals surface area contributed by atoms with Gasteiger partial charge < -0.3 is 10.1 Å². The van der Waals surface area contributed by atoms with Crippen molar-refractivity contribution in [2.45, 2.75) is 37.6 Å². The number of carbonyl (C=O) groups excluding carboxylic acids is 1. The van der Waals surface area contributed by atoms with Crippen molar-refractivity contribution in [2.24, 2.45) is 0 Å². The van der Waals surface area contributed by atoms with Crippen LogP contribution in [-0.2, 0) is 0 Å². The zero-order valence-electron chi connectivity index (χ0n) is 11.2. The van der Waals surface area contributed by atoms with Gasteiger partial charge in [0.1, 0.15) is 5.75 Å². The molecule has 0 saturated heterocycles. The highest BCUT2D eigenvalue weighted by molar-refractivity contribution is 6.19. The minimum absolute atomic E-state index is 0.0681. The molecular weight excluding hydrogens is 262 g/mol. The van der Waals surface area contributed by atoms with E-state index in [9.17, 15) is 4.79 Å². The number of benzene rings is 1. The first-order valence-electron chi connectivity index (χ1n) is 6.72. The maximum absolute atomic E-state index is 12.3. The van der Waals surface area contributed by atoms with Crippen molar-refractivity contribution in [1.82, 2.24) is 5.32 Å². The molecule has 0 bridgehead atoms. The Morgan fingerprint density at radius 3 is 2.74 bits per heavy atom. The van der Waals surface area contributed by atoms with Crippen LogP contribution in [0.1, 0.15) is 42.5 Å². The van der Waals surface area contributed by atoms with Gasteiger partial charge in [-0.05, 0) is 31.0 Å². The van der Waals surface area contributed by atoms with Crippen LogP contribution in [0.2, 0.25) is 0 Å². The van der Waals surface area contributed by atoms with E-state index in [1.54, 1.807) is 19.2 Å². The van der Waals surface area contributed by atoms with Gasteiger partial charge in [-0.1, -0.05) is 25.3 Å². The maximum Gasteiger partial charge on any atom is 0.251 e. The molecule has 1 fully saturated rings. The second-order valence-corrected chi connectivity index (χ2v) is 5.43. The first-order chi connectivity index (χ1) is 9.19. The van der Waals surface area contributed by atoms with Crippen LogP contribution in [0.4, 0.5) is 0 Å². The summed E-state index contributed by atoms with van der Waals surface area (Å²) in [5.41, 5.74) is 0.384. The summed E-state index contributed by atoms with van der Waals surface area (Å²) in [6, 6.07) is 7.19.